The van der Waals surface area contributed by atoms with Crippen LogP contribution in [0.2, 0.25) is 0 Å². The van der Waals surface area contributed by atoms with E-state index in [1.807, 2.05) is 0 Å². The van der Waals surface area contributed by atoms with Crippen LogP contribution in [0, 0.1) is 11.3 Å². The number of hydrogen-bond donors (Lipinski definition) is 2. The summed E-state index contributed by atoms with van der Waals surface area (Å²) >= 11 is 3.34. The van der Waals surface area contributed by atoms with Crippen molar-refractivity contribution in [3.8, 4) is 6.07 Å². The molecule has 20 heavy (non-hydrogen) atoms. The van der Waals surface area contributed by atoms with Crippen LogP contribution in [0.3, 0.4) is 0 Å². The van der Waals surface area contributed by atoms with Gasteiger partial charge >= 0.3 is 5.97 Å². The number of rotatable bonds is 4. The Labute approximate surface area is 123 Å². The Morgan fingerprint density at radius 2 is 2.35 bits per heavy atom. The average Bonchev–Trinajstić information content (AvgIpc) is 2.78. The normalized spacial score (nSPS) is 10.1. The number of aryl methyl sites for hydroxylation is 1. The molecule has 0 radical (unpaired) electrons. The van der Waals surface area contributed by atoms with Crippen LogP contribution in [0.1, 0.15) is 21.6 Å². The largest absolute Gasteiger partial charge is 0.478 e. The molecule has 1 heterocycles. The van der Waals surface area contributed by atoms with Crippen LogP contribution in [0.15, 0.2) is 28.9 Å². The van der Waals surface area contributed by atoms with Crippen LogP contribution in [0.4, 0.5) is 5.69 Å². The number of benzene rings is 1. The minimum absolute atomic E-state index is 0.147. The molecule has 7 heteroatoms. The van der Waals surface area contributed by atoms with Crippen molar-refractivity contribution in [2.75, 3.05) is 5.32 Å². The van der Waals surface area contributed by atoms with Crippen LogP contribution in [-0.4, -0.2) is 20.9 Å². The highest BCUT2D eigenvalue weighted by Gasteiger charge is 2.15. The van der Waals surface area contributed by atoms with E-state index in [1.165, 1.54) is 10.9 Å². The van der Waals surface area contributed by atoms with Crippen molar-refractivity contribution in [1.29, 1.82) is 5.26 Å². The Morgan fingerprint density at radius 1 is 1.60 bits per heavy atom. The van der Waals surface area contributed by atoms with Gasteiger partial charge in [-0.3, -0.25) is 4.68 Å². The Balaban J connectivity index is 2.26. The quantitative estimate of drug-likeness (QED) is 0.895. The number of carboxylic acids is 1. The van der Waals surface area contributed by atoms with Crippen LogP contribution >= 0.6 is 15.9 Å². The van der Waals surface area contributed by atoms with Crippen molar-refractivity contribution >= 4 is 27.6 Å². The molecule has 0 aliphatic rings. The predicted octanol–water partition coefficient (Wildman–Crippen LogP) is 2.36. The first-order valence-corrected chi connectivity index (χ1v) is 6.50. The van der Waals surface area contributed by atoms with Crippen molar-refractivity contribution in [3.63, 3.8) is 0 Å². The molecular formula is C13H11BrN4O2. The van der Waals surface area contributed by atoms with Crippen LogP contribution in [-0.2, 0) is 13.6 Å². The smallest absolute Gasteiger partial charge is 0.339 e. The van der Waals surface area contributed by atoms with Gasteiger partial charge in [0.15, 0.2) is 0 Å². The molecule has 1 aromatic heterocycles. The highest BCUT2D eigenvalue weighted by molar-refractivity contribution is 9.10. The molecule has 0 atom stereocenters. The zero-order valence-corrected chi connectivity index (χ0v) is 12.2. The number of nitrogens with one attached hydrogen (secondary N) is 1. The van der Waals surface area contributed by atoms with Gasteiger partial charge in [0.25, 0.3) is 0 Å². The lowest BCUT2D eigenvalue weighted by molar-refractivity contribution is 0.0695. The van der Waals surface area contributed by atoms with E-state index in [4.69, 9.17) is 10.4 Å². The van der Waals surface area contributed by atoms with Gasteiger partial charge in [-0.15, -0.1) is 0 Å². The minimum atomic E-state index is -1.02. The maximum atomic E-state index is 11.1. The maximum absolute atomic E-state index is 11.1. The highest BCUT2D eigenvalue weighted by atomic mass is 79.9. The van der Waals surface area contributed by atoms with E-state index in [-0.39, 0.29) is 12.1 Å². The maximum Gasteiger partial charge on any atom is 0.339 e. The van der Waals surface area contributed by atoms with E-state index >= 15 is 0 Å². The fourth-order valence-corrected chi connectivity index (χ4v) is 2.15. The first-order valence-electron chi connectivity index (χ1n) is 5.70. The van der Waals surface area contributed by atoms with Gasteiger partial charge in [-0.2, -0.15) is 10.4 Å². The molecule has 0 amide bonds. The molecule has 6 nitrogen and oxygen atoms in total. The van der Waals surface area contributed by atoms with Crippen molar-refractivity contribution in [2.45, 2.75) is 6.54 Å². The number of hydrogen-bond acceptors (Lipinski definition) is 4. The topological polar surface area (TPSA) is 90.9 Å². The zero-order valence-electron chi connectivity index (χ0n) is 10.6. The summed E-state index contributed by atoms with van der Waals surface area (Å²) in [5.74, 6) is -1.02. The Bertz CT molecular complexity index is 703. The molecular weight excluding hydrogens is 324 g/mol. The van der Waals surface area contributed by atoms with Gasteiger partial charge < -0.3 is 10.4 Å². The van der Waals surface area contributed by atoms with E-state index in [2.05, 4.69) is 32.4 Å². The van der Waals surface area contributed by atoms with E-state index in [9.17, 15) is 4.79 Å². The lowest BCUT2D eigenvalue weighted by Crippen LogP contribution is -2.10. The lowest BCUT2D eigenvalue weighted by Gasteiger charge is -2.10. The molecule has 0 aliphatic carbocycles. The molecule has 0 spiro atoms. The van der Waals surface area contributed by atoms with Gasteiger partial charge in [-0.05, 0) is 18.2 Å². The van der Waals surface area contributed by atoms with E-state index in [0.29, 0.717) is 16.9 Å². The number of aromatic carboxylic acids is 1. The molecule has 2 rings (SSSR count). The lowest BCUT2D eigenvalue weighted by atomic mass is 10.2. The van der Waals surface area contributed by atoms with Gasteiger partial charge in [-0.25, -0.2) is 4.79 Å². The molecule has 0 saturated carbocycles. The fourth-order valence-electron chi connectivity index (χ4n) is 1.79. The van der Waals surface area contributed by atoms with Crippen molar-refractivity contribution in [1.82, 2.24) is 9.78 Å². The van der Waals surface area contributed by atoms with Crippen LogP contribution in [0.25, 0.3) is 0 Å². The fraction of sp³-hybridized carbons (Fsp3) is 0.154. The van der Waals surface area contributed by atoms with Gasteiger partial charge in [0.1, 0.15) is 11.6 Å². The molecule has 0 fully saturated rings. The van der Waals surface area contributed by atoms with Gasteiger partial charge in [0.05, 0.1) is 29.7 Å². The van der Waals surface area contributed by atoms with Gasteiger partial charge in [0, 0.05) is 11.5 Å². The van der Waals surface area contributed by atoms with Crippen molar-refractivity contribution in [2.24, 2.45) is 7.05 Å². The van der Waals surface area contributed by atoms with Crippen molar-refractivity contribution < 1.29 is 9.90 Å². The summed E-state index contributed by atoms with van der Waals surface area (Å²) in [5.41, 5.74) is 1.82. The molecule has 0 saturated heterocycles. The Hall–Kier alpha value is -2.33. The summed E-state index contributed by atoms with van der Waals surface area (Å²) in [6.07, 6.45) is 1.31. The van der Waals surface area contributed by atoms with Crippen LogP contribution < -0.4 is 5.32 Å². The number of nitrogens with zero attached hydrogens (tertiary/aromatic N) is 3. The van der Waals surface area contributed by atoms with E-state index < -0.39 is 5.97 Å². The Kier molecular flexibility index (Phi) is 4.05. The molecule has 2 aromatic rings. The second-order valence-corrected chi connectivity index (χ2v) is 5.00. The van der Waals surface area contributed by atoms with E-state index in [0.717, 1.165) is 4.47 Å². The average molecular weight is 335 g/mol. The SMILES string of the molecule is Cn1ncc(C(=O)O)c1CNc1cc(Br)ccc1C#N. The Morgan fingerprint density at radius 3 is 3.00 bits per heavy atom. The third-order valence-electron chi connectivity index (χ3n) is 2.84. The number of carbonyl (C=O) groups is 1. The third kappa shape index (κ3) is 2.81. The highest BCUT2D eigenvalue weighted by Crippen LogP contribution is 2.22. The van der Waals surface area contributed by atoms with Crippen molar-refractivity contribution in [3.05, 3.63) is 45.7 Å². The van der Waals surface area contributed by atoms with Crippen LogP contribution in [0.5, 0.6) is 0 Å². The predicted molar refractivity (Wildman–Crippen MR) is 76.4 cm³/mol. The number of carboxylic acid groups (broad SMARTS) is 1. The second-order valence-electron chi connectivity index (χ2n) is 4.09. The molecule has 102 valence electrons. The molecule has 0 bridgehead atoms. The number of anilines is 1. The monoisotopic (exact) mass is 334 g/mol. The number of nitriles is 1. The summed E-state index contributed by atoms with van der Waals surface area (Å²) in [5, 5.41) is 25.1. The summed E-state index contributed by atoms with van der Waals surface area (Å²) in [6, 6.07) is 7.32. The first kappa shape index (κ1) is 14.1. The standard InChI is InChI=1S/C13H11BrN4O2/c1-18-12(10(6-17-18)13(19)20)7-16-11-4-9(14)3-2-8(11)5-15/h2-4,6,16H,7H2,1H3,(H,19,20). The molecule has 0 unspecified atom stereocenters. The summed E-state index contributed by atoms with van der Waals surface area (Å²) in [4.78, 5) is 11.1. The summed E-state index contributed by atoms with van der Waals surface area (Å²) in [6.45, 7) is 0.267. The molecule has 0 aliphatic heterocycles. The number of halogens is 1. The first-order chi connectivity index (χ1) is 9.52. The minimum Gasteiger partial charge on any atom is -0.478 e. The molecule has 1 aromatic carbocycles. The molecule has 2 N–H and O–H groups in total. The third-order valence-corrected chi connectivity index (χ3v) is 3.33. The summed E-state index contributed by atoms with van der Waals surface area (Å²) in [7, 11) is 1.68. The van der Waals surface area contributed by atoms with E-state index in [1.54, 1.807) is 25.2 Å². The second kappa shape index (κ2) is 5.75. The van der Waals surface area contributed by atoms with Gasteiger partial charge in [0.2, 0.25) is 0 Å². The number of aromatic nitrogens is 2. The zero-order chi connectivity index (χ0) is 14.7. The summed E-state index contributed by atoms with van der Waals surface area (Å²) < 4.78 is 2.34. The van der Waals surface area contributed by atoms with Gasteiger partial charge in [-0.1, -0.05) is 15.9 Å².